The minimum atomic E-state index is -0.981. The predicted molar refractivity (Wildman–Crippen MR) is 68.0 cm³/mol. The maximum atomic E-state index is 10.9. The molecular formula is C13H14ClNO4. The molecular weight excluding hydrogens is 270 g/mol. The first-order valence-electron chi connectivity index (χ1n) is 6.16. The Morgan fingerprint density at radius 1 is 1.42 bits per heavy atom. The molecule has 1 unspecified atom stereocenters. The molecule has 1 amide bonds. The zero-order valence-electron chi connectivity index (χ0n) is 10.2. The van der Waals surface area contributed by atoms with Crippen molar-refractivity contribution >= 4 is 17.7 Å². The van der Waals surface area contributed by atoms with Crippen LogP contribution in [0.25, 0.3) is 0 Å². The summed E-state index contributed by atoms with van der Waals surface area (Å²) in [4.78, 5) is 12.3. The molecule has 0 bridgehead atoms. The molecule has 3 rings (SSSR count). The minimum absolute atomic E-state index is 0.382. The quantitative estimate of drug-likeness (QED) is 0.767. The molecule has 0 saturated carbocycles. The largest absolute Gasteiger partial charge is 0.465 e. The van der Waals surface area contributed by atoms with Crippen LogP contribution in [0.1, 0.15) is 30.3 Å². The van der Waals surface area contributed by atoms with Gasteiger partial charge in [-0.15, -0.1) is 0 Å². The van der Waals surface area contributed by atoms with Crippen LogP contribution in [-0.4, -0.2) is 34.3 Å². The molecule has 1 aromatic carbocycles. The van der Waals surface area contributed by atoms with E-state index < -0.39 is 18.0 Å². The molecule has 5 nitrogen and oxygen atoms in total. The van der Waals surface area contributed by atoms with Gasteiger partial charge in [-0.2, -0.15) is 0 Å². The molecule has 1 aromatic rings. The SMILES string of the molecule is O=C(O)N1CCC2(CC1)OC(O)c1cccc(Cl)c12. The number of aliphatic hydroxyl groups is 1. The third kappa shape index (κ3) is 1.89. The molecule has 2 heterocycles. The molecule has 0 radical (unpaired) electrons. The fourth-order valence-electron chi connectivity index (χ4n) is 2.99. The fourth-order valence-corrected chi connectivity index (χ4v) is 3.34. The minimum Gasteiger partial charge on any atom is -0.465 e. The summed E-state index contributed by atoms with van der Waals surface area (Å²) in [5.74, 6) is 0. The van der Waals surface area contributed by atoms with Crippen molar-refractivity contribution in [1.29, 1.82) is 0 Å². The van der Waals surface area contributed by atoms with Crippen molar-refractivity contribution in [2.75, 3.05) is 13.1 Å². The van der Waals surface area contributed by atoms with E-state index in [1.807, 2.05) is 0 Å². The van der Waals surface area contributed by atoms with Crippen LogP contribution in [-0.2, 0) is 10.3 Å². The van der Waals surface area contributed by atoms with Gasteiger partial charge in [0.1, 0.15) is 5.60 Å². The van der Waals surface area contributed by atoms with Gasteiger partial charge in [0.15, 0.2) is 6.29 Å². The monoisotopic (exact) mass is 283 g/mol. The molecule has 2 aliphatic rings. The van der Waals surface area contributed by atoms with Crippen LogP contribution in [0.15, 0.2) is 18.2 Å². The van der Waals surface area contributed by atoms with E-state index in [4.69, 9.17) is 21.4 Å². The lowest BCUT2D eigenvalue weighted by Crippen LogP contribution is -2.44. The molecule has 2 N–H and O–H groups in total. The van der Waals surface area contributed by atoms with E-state index in [1.165, 1.54) is 4.90 Å². The lowest BCUT2D eigenvalue weighted by molar-refractivity contribution is -0.186. The van der Waals surface area contributed by atoms with Crippen LogP contribution in [0, 0.1) is 0 Å². The highest BCUT2D eigenvalue weighted by Gasteiger charge is 2.48. The molecule has 6 heteroatoms. The number of amides is 1. The Kier molecular flexibility index (Phi) is 2.92. The Balaban J connectivity index is 1.95. The number of halogens is 1. The molecule has 1 saturated heterocycles. The second-order valence-electron chi connectivity index (χ2n) is 4.94. The molecule has 1 atom stereocenters. The van der Waals surface area contributed by atoms with Crippen LogP contribution in [0.5, 0.6) is 0 Å². The lowest BCUT2D eigenvalue weighted by atomic mass is 9.84. The highest BCUT2D eigenvalue weighted by molar-refractivity contribution is 6.31. The third-order valence-electron chi connectivity index (χ3n) is 3.95. The molecule has 1 fully saturated rings. The summed E-state index contributed by atoms with van der Waals surface area (Å²) in [6, 6.07) is 5.34. The molecule has 1 spiro atoms. The first-order chi connectivity index (χ1) is 9.03. The van der Waals surface area contributed by atoms with Gasteiger partial charge in [-0.1, -0.05) is 23.7 Å². The summed E-state index contributed by atoms with van der Waals surface area (Å²) in [6.07, 6.45) is -0.891. The number of benzene rings is 1. The van der Waals surface area contributed by atoms with E-state index >= 15 is 0 Å². The van der Waals surface area contributed by atoms with Crippen LogP contribution in [0.4, 0.5) is 4.79 Å². The van der Waals surface area contributed by atoms with Gasteiger partial charge in [0.25, 0.3) is 0 Å². The Morgan fingerprint density at radius 2 is 2.11 bits per heavy atom. The third-order valence-corrected chi connectivity index (χ3v) is 4.26. The van der Waals surface area contributed by atoms with Gasteiger partial charge >= 0.3 is 6.09 Å². The molecule has 19 heavy (non-hydrogen) atoms. The van der Waals surface area contributed by atoms with Crippen LogP contribution in [0.3, 0.4) is 0 Å². The number of fused-ring (bicyclic) bond motifs is 2. The number of hydrogen-bond acceptors (Lipinski definition) is 3. The van der Waals surface area contributed by atoms with Crippen LogP contribution < -0.4 is 0 Å². The van der Waals surface area contributed by atoms with Gasteiger partial charge in [-0.05, 0) is 18.9 Å². The number of hydrogen-bond donors (Lipinski definition) is 2. The number of ether oxygens (including phenoxy) is 1. The van der Waals surface area contributed by atoms with E-state index in [9.17, 15) is 9.90 Å². The first-order valence-corrected chi connectivity index (χ1v) is 6.54. The highest BCUT2D eigenvalue weighted by atomic mass is 35.5. The molecule has 0 aromatic heterocycles. The van der Waals surface area contributed by atoms with Crippen molar-refractivity contribution in [3.8, 4) is 0 Å². The molecule has 0 aliphatic carbocycles. The number of carboxylic acid groups (broad SMARTS) is 1. The average molecular weight is 284 g/mol. The Bertz CT molecular complexity index is 525. The van der Waals surface area contributed by atoms with Gasteiger partial charge < -0.3 is 19.8 Å². The van der Waals surface area contributed by atoms with E-state index in [0.29, 0.717) is 36.5 Å². The number of likely N-dealkylation sites (tertiary alicyclic amines) is 1. The number of aliphatic hydroxyl groups excluding tert-OH is 1. The van der Waals surface area contributed by atoms with Gasteiger partial charge in [-0.3, -0.25) is 0 Å². The van der Waals surface area contributed by atoms with E-state index in [-0.39, 0.29) is 0 Å². The van der Waals surface area contributed by atoms with Gasteiger partial charge in [0, 0.05) is 29.2 Å². The van der Waals surface area contributed by atoms with E-state index in [2.05, 4.69) is 0 Å². The summed E-state index contributed by atoms with van der Waals surface area (Å²) in [5, 5.41) is 19.5. The number of nitrogens with zero attached hydrogens (tertiary/aromatic N) is 1. The summed E-state index contributed by atoms with van der Waals surface area (Å²) in [6.45, 7) is 0.763. The second kappa shape index (κ2) is 4.37. The smallest absolute Gasteiger partial charge is 0.407 e. The Morgan fingerprint density at radius 3 is 2.74 bits per heavy atom. The van der Waals surface area contributed by atoms with Gasteiger partial charge in [0.2, 0.25) is 0 Å². The maximum absolute atomic E-state index is 10.9. The van der Waals surface area contributed by atoms with Crippen molar-refractivity contribution in [3.05, 3.63) is 34.3 Å². The number of carbonyl (C=O) groups is 1. The summed E-state index contributed by atoms with van der Waals surface area (Å²) in [7, 11) is 0. The van der Waals surface area contributed by atoms with E-state index in [0.717, 1.165) is 5.56 Å². The van der Waals surface area contributed by atoms with Crippen molar-refractivity contribution in [3.63, 3.8) is 0 Å². The number of rotatable bonds is 0. The summed E-state index contributed by atoms with van der Waals surface area (Å²) in [5.41, 5.74) is 0.851. The van der Waals surface area contributed by atoms with E-state index in [1.54, 1.807) is 18.2 Å². The van der Waals surface area contributed by atoms with Crippen molar-refractivity contribution in [2.45, 2.75) is 24.7 Å². The first kappa shape index (κ1) is 12.7. The predicted octanol–water partition coefficient (Wildman–Crippen LogP) is 2.33. The normalized spacial score (nSPS) is 24.5. The highest BCUT2D eigenvalue weighted by Crippen LogP contribution is 2.50. The molecule has 2 aliphatic heterocycles. The second-order valence-corrected chi connectivity index (χ2v) is 5.35. The van der Waals surface area contributed by atoms with Crippen molar-refractivity contribution < 1.29 is 19.7 Å². The average Bonchev–Trinajstić information content (AvgIpc) is 2.64. The van der Waals surface area contributed by atoms with Crippen molar-refractivity contribution in [1.82, 2.24) is 4.90 Å². The van der Waals surface area contributed by atoms with Crippen LogP contribution >= 0.6 is 11.6 Å². The standard InChI is InChI=1S/C13H14ClNO4/c14-9-3-1-2-8-10(9)13(19-11(8)16)4-6-15(7-5-13)12(17)18/h1-3,11,16H,4-7H2,(H,17,18). The zero-order chi connectivity index (χ0) is 13.6. The molecule has 102 valence electrons. The maximum Gasteiger partial charge on any atom is 0.407 e. The lowest BCUT2D eigenvalue weighted by Gasteiger charge is -2.38. The Hall–Kier alpha value is -1.30. The summed E-state index contributed by atoms with van der Waals surface area (Å²) >= 11 is 6.24. The number of piperidine rings is 1. The topological polar surface area (TPSA) is 70.0 Å². The van der Waals surface area contributed by atoms with Crippen molar-refractivity contribution in [2.24, 2.45) is 0 Å². The van der Waals surface area contributed by atoms with Gasteiger partial charge in [-0.25, -0.2) is 4.79 Å². The Labute approximate surface area is 115 Å². The zero-order valence-corrected chi connectivity index (χ0v) is 10.9. The summed E-state index contributed by atoms with van der Waals surface area (Å²) < 4.78 is 5.72. The van der Waals surface area contributed by atoms with Gasteiger partial charge in [0.05, 0.1) is 0 Å². The fraction of sp³-hybridized carbons (Fsp3) is 0.462. The van der Waals surface area contributed by atoms with Crippen LogP contribution in [0.2, 0.25) is 5.02 Å².